The van der Waals surface area contributed by atoms with Gasteiger partial charge >= 0.3 is 0 Å². The molecule has 0 atom stereocenters. The summed E-state index contributed by atoms with van der Waals surface area (Å²) in [5, 5.41) is 8.39. The van der Waals surface area contributed by atoms with E-state index >= 15 is 0 Å². The first-order valence-electron chi connectivity index (χ1n) is 6.80. The molecule has 5 nitrogen and oxygen atoms in total. The van der Waals surface area contributed by atoms with Crippen LogP contribution in [-0.4, -0.2) is 52.9 Å². The van der Waals surface area contributed by atoms with Crippen LogP contribution in [0.4, 0.5) is 0 Å². The molecule has 0 aliphatic carbocycles. The van der Waals surface area contributed by atoms with Crippen molar-refractivity contribution in [3.63, 3.8) is 0 Å². The van der Waals surface area contributed by atoms with Crippen LogP contribution in [0.2, 0.25) is 0 Å². The molecular weight excluding hydrogens is 240 g/mol. The Hall–Kier alpha value is -1.59. The molecular formula is C14H18N4O. The molecule has 1 aromatic carbocycles. The third-order valence-electron chi connectivity index (χ3n) is 3.38. The van der Waals surface area contributed by atoms with E-state index in [4.69, 9.17) is 4.74 Å². The van der Waals surface area contributed by atoms with Gasteiger partial charge in [0, 0.05) is 19.5 Å². The molecule has 1 aromatic heterocycles. The van der Waals surface area contributed by atoms with Crippen molar-refractivity contribution < 1.29 is 4.74 Å². The fourth-order valence-electron chi connectivity index (χ4n) is 2.31. The molecule has 1 aliphatic heterocycles. The average molecular weight is 258 g/mol. The molecule has 0 spiro atoms. The number of para-hydroxylation sites is 1. The molecule has 1 saturated heterocycles. The Bertz CT molecular complexity index is 540. The summed E-state index contributed by atoms with van der Waals surface area (Å²) in [6.45, 7) is 4.87. The van der Waals surface area contributed by atoms with E-state index in [1.165, 1.54) is 0 Å². The minimum Gasteiger partial charge on any atom is -0.379 e. The van der Waals surface area contributed by atoms with Gasteiger partial charge in [-0.05, 0) is 25.1 Å². The summed E-state index contributed by atoms with van der Waals surface area (Å²) >= 11 is 0. The van der Waals surface area contributed by atoms with Gasteiger partial charge < -0.3 is 4.74 Å². The number of morpholine rings is 1. The van der Waals surface area contributed by atoms with Gasteiger partial charge in [0.05, 0.1) is 18.7 Å². The van der Waals surface area contributed by atoms with Gasteiger partial charge in [0.25, 0.3) is 0 Å². The Morgan fingerprint density at radius 3 is 2.68 bits per heavy atom. The monoisotopic (exact) mass is 258 g/mol. The zero-order valence-corrected chi connectivity index (χ0v) is 11.0. The molecule has 1 fully saturated rings. The number of fused-ring (bicyclic) bond motifs is 1. The lowest BCUT2D eigenvalue weighted by Crippen LogP contribution is -2.37. The van der Waals surface area contributed by atoms with Crippen LogP contribution in [-0.2, 0) is 11.2 Å². The van der Waals surface area contributed by atoms with Crippen LogP contribution in [0.25, 0.3) is 11.0 Å². The van der Waals surface area contributed by atoms with Gasteiger partial charge in [0.2, 0.25) is 0 Å². The summed E-state index contributed by atoms with van der Waals surface area (Å²) in [6, 6.07) is 7.85. The zero-order chi connectivity index (χ0) is 12.9. The van der Waals surface area contributed by atoms with Crippen LogP contribution in [0, 0.1) is 0 Å². The third kappa shape index (κ3) is 3.24. The van der Waals surface area contributed by atoms with E-state index in [0.29, 0.717) is 0 Å². The Kier molecular flexibility index (Phi) is 3.95. The Balaban J connectivity index is 1.56. The predicted molar refractivity (Wildman–Crippen MR) is 72.9 cm³/mol. The summed E-state index contributed by atoms with van der Waals surface area (Å²) in [5.74, 6) is 0.840. The van der Waals surface area contributed by atoms with Crippen LogP contribution in [0.1, 0.15) is 12.2 Å². The number of ether oxygens (including phenoxy) is 1. The van der Waals surface area contributed by atoms with Gasteiger partial charge in [-0.15, -0.1) is 10.2 Å². The second-order valence-electron chi connectivity index (χ2n) is 4.77. The maximum absolute atomic E-state index is 5.34. The number of hydrogen-bond donors (Lipinski definition) is 0. The quantitative estimate of drug-likeness (QED) is 0.827. The van der Waals surface area contributed by atoms with Crippen molar-refractivity contribution in [3.05, 3.63) is 30.1 Å². The molecule has 0 unspecified atom stereocenters. The number of aromatic nitrogens is 3. The van der Waals surface area contributed by atoms with E-state index in [1.54, 1.807) is 0 Å². The summed E-state index contributed by atoms with van der Waals surface area (Å²) < 4.78 is 5.34. The molecule has 0 N–H and O–H groups in total. The van der Waals surface area contributed by atoms with E-state index < -0.39 is 0 Å². The van der Waals surface area contributed by atoms with E-state index in [1.807, 2.05) is 24.3 Å². The maximum Gasteiger partial charge on any atom is 0.151 e. The molecule has 1 aliphatic rings. The van der Waals surface area contributed by atoms with Crippen LogP contribution >= 0.6 is 0 Å². The molecule has 0 saturated carbocycles. The van der Waals surface area contributed by atoms with Crippen molar-refractivity contribution in [2.45, 2.75) is 12.8 Å². The Labute approximate surface area is 112 Å². The minimum atomic E-state index is 0.840. The largest absolute Gasteiger partial charge is 0.379 e. The lowest BCUT2D eigenvalue weighted by atomic mass is 10.2. The number of nitrogens with zero attached hydrogens (tertiary/aromatic N) is 4. The van der Waals surface area contributed by atoms with Gasteiger partial charge in [-0.1, -0.05) is 12.1 Å². The Morgan fingerprint density at radius 2 is 1.84 bits per heavy atom. The first-order valence-corrected chi connectivity index (χ1v) is 6.80. The van der Waals surface area contributed by atoms with Crippen molar-refractivity contribution in [3.8, 4) is 0 Å². The number of benzene rings is 1. The van der Waals surface area contributed by atoms with Gasteiger partial charge in [0.1, 0.15) is 5.52 Å². The van der Waals surface area contributed by atoms with Crippen molar-refractivity contribution in [2.75, 3.05) is 32.8 Å². The first-order chi connectivity index (χ1) is 9.42. The smallest absolute Gasteiger partial charge is 0.151 e. The molecule has 2 aromatic rings. The van der Waals surface area contributed by atoms with Crippen LogP contribution in [0.5, 0.6) is 0 Å². The highest BCUT2D eigenvalue weighted by Gasteiger charge is 2.10. The lowest BCUT2D eigenvalue weighted by molar-refractivity contribution is 0.0374. The lowest BCUT2D eigenvalue weighted by Gasteiger charge is -2.26. The van der Waals surface area contributed by atoms with Crippen LogP contribution in [0.3, 0.4) is 0 Å². The van der Waals surface area contributed by atoms with E-state index in [-0.39, 0.29) is 0 Å². The molecule has 3 rings (SSSR count). The normalized spacial score (nSPS) is 16.8. The topological polar surface area (TPSA) is 51.1 Å². The van der Waals surface area contributed by atoms with Crippen LogP contribution < -0.4 is 0 Å². The number of aryl methyl sites for hydroxylation is 1. The van der Waals surface area contributed by atoms with Gasteiger partial charge in [-0.3, -0.25) is 4.90 Å². The number of rotatable bonds is 4. The van der Waals surface area contributed by atoms with E-state index in [0.717, 1.165) is 62.5 Å². The zero-order valence-electron chi connectivity index (χ0n) is 11.0. The SMILES string of the molecule is c1ccc2nc(CCCN3CCOCC3)nnc2c1. The highest BCUT2D eigenvalue weighted by Crippen LogP contribution is 2.08. The molecule has 19 heavy (non-hydrogen) atoms. The van der Waals surface area contributed by atoms with Gasteiger partial charge in [0.15, 0.2) is 5.82 Å². The predicted octanol–water partition coefficient (Wildman–Crippen LogP) is 1.29. The maximum atomic E-state index is 5.34. The van der Waals surface area contributed by atoms with Gasteiger partial charge in [-0.2, -0.15) is 0 Å². The van der Waals surface area contributed by atoms with Gasteiger partial charge in [-0.25, -0.2) is 4.98 Å². The third-order valence-corrected chi connectivity index (χ3v) is 3.38. The minimum absolute atomic E-state index is 0.840. The standard InChI is InChI=1S/C14H18N4O/c1-2-5-13-12(4-1)15-14(17-16-13)6-3-7-18-8-10-19-11-9-18/h1-2,4-5H,3,6-11H2. The van der Waals surface area contributed by atoms with E-state index in [9.17, 15) is 0 Å². The van der Waals surface area contributed by atoms with E-state index in [2.05, 4.69) is 20.1 Å². The summed E-state index contributed by atoms with van der Waals surface area (Å²) in [5.41, 5.74) is 1.79. The highest BCUT2D eigenvalue weighted by atomic mass is 16.5. The molecule has 0 amide bonds. The van der Waals surface area contributed by atoms with Crippen molar-refractivity contribution >= 4 is 11.0 Å². The first kappa shape index (κ1) is 12.4. The van der Waals surface area contributed by atoms with Crippen LogP contribution in [0.15, 0.2) is 24.3 Å². The second-order valence-corrected chi connectivity index (χ2v) is 4.77. The Morgan fingerprint density at radius 1 is 1.05 bits per heavy atom. The number of hydrogen-bond acceptors (Lipinski definition) is 5. The molecule has 0 bridgehead atoms. The molecule has 100 valence electrons. The summed E-state index contributed by atoms with van der Waals surface area (Å²) in [7, 11) is 0. The molecule has 0 radical (unpaired) electrons. The summed E-state index contributed by atoms with van der Waals surface area (Å²) in [4.78, 5) is 6.97. The van der Waals surface area contributed by atoms with Crippen molar-refractivity contribution in [1.82, 2.24) is 20.1 Å². The van der Waals surface area contributed by atoms with Crippen molar-refractivity contribution in [2.24, 2.45) is 0 Å². The average Bonchev–Trinajstić information content (AvgIpc) is 2.48. The second kappa shape index (κ2) is 6.04. The molecule has 2 heterocycles. The van der Waals surface area contributed by atoms with Crippen molar-refractivity contribution in [1.29, 1.82) is 0 Å². The fraction of sp³-hybridized carbons (Fsp3) is 0.500. The highest BCUT2D eigenvalue weighted by molar-refractivity contribution is 5.72. The fourth-order valence-corrected chi connectivity index (χ4v) is 2.31. The summed E-state index contributed by atoms with van der Waals surface area (Å²) in [6.07, 6.45) is 1.95. The molecule has 5 heteroatoms.